The molecule has 0 aromatic heterocycles. The van der Waals surface area contributed by atoms with Gasteiger partial charge in [0.2, 0.25) is 0 Å². The molecule has 1 aromatic carbocycles. The molecule has 0 saturated carbocycles. The molecule has 0 spiro atoms. The van der Waals surface area contributed by atoms with Crippen LogP contribution in [0.2, 0.25) is 0 Å². The quantitative estimate of drug-likeness (QED) is 0.687. The molecule has 1 aromatic rings. The Morgan fingerprint density at radius 3 is 2.71 bits per heavy atom. The maximum atomic E-state index is 5.43. The van der Waals surface area contributed by atoms with Crippen molar-refractivity contribution in [2.45, 2.75) is 58.0 Å². The van der Waals surface area contributed by atoms with Gasteiger partial charge in [0.1, 0.15) is 0 Å². The average Bonchev–Trinajstić information content (AvgIpc) is 2.47. The van der Waals surface area contributed by atoms with Gasteiger partial charge in [-0.15, -0.1) is 0 Å². The highest BCUT2D eigenvalue weighted by Crippen LogP contribution is 2.37. The topological polar surface area (TPSA) is 9.23 Å². The van der Waals surface area contributed by atoms with Gasteiger partial charge in [-0.2, -0.15) is 0 Å². The van der Waals surface area contributed by atoms with E-state index in [9.17, 15) is 0 Å². The van der Waals surface area contributed by atoms with Crippen molar-refractivity contribution in [3.05, 3.63) is 34.9 Å². The van der Waals surface area contributed by atoms with E-state index in [1.807, 2.05) is 0 Å². The predicted molar refractivity (Wildman–Crippen MR) is 72.4 cm³/mol. The molecule has 1 atom stereocenters. The Morgan fingerprint density at radius 2 is 2.00 bits per heavy atom. The van der Waals surface area contributed by atoms with Crippen molar-refractivity contribution in [3.63, 3.8) is 0 Å². The van der Waals surface area contributed by atoms with E-state index in [4.69, 9.17) is 4.74 Å². The van der Waals surface area contributed by atoms with E-state index < -0.39 is 0 Å². The van der Waals surface area contributed by atoms with Crippen molar-refractivity contribution in [2.75, 3.05) is 7.11 Å². The normalized spacial score (nSPS) is 20.5. The fourth-order valence-corrected chi connectivity index (χ4v) is 2.85. The Bertz CT molecular complexity index is 393. The van der Waals surface area contributed by atoms with Gasteiger partial charge < -0.3 is 4.74 Å². The predicted octanol–water partition coefficient (Wildman–Crippen LogP) is 4.40. The first-order valence-electron chi connectivity index (χ1n) is 6.71. The molecule has 94 valence electrons. The van der Waals surface area contributed by atoms with E-state index in [-0.39, 0.29) is 6.10 Å². The van der Waals surface area contributed by atoms with Gasteiger partial charge in [0.25, 0.3) is 0 Å². The Kier molecular flexibility index (Phi) is 3.58. The van der Waals surface area contributed by atoms with Crippen LogP contribution in [-0.4, -0.2) is 7.11 Å². The van der Waals surface area contributed by atoms with Gasteiger partial charge in [-0.25, -0.2) is 0 Å². The third-order valence-electron chi connectivity index (χ3n) is 4.18. The lowest BCUT2D eigenvalue weighted by Gasteiger charge is -2.26. The van der Waals surface area contributed by atoms with Gasteiger partial charge >= 0.3 is 0 Å². The van der Waals surface area contributed by atoms with Crippen LogP contribution in [0.3, 0.4) is 0 Å². The Balaban J connectivity index is 2.44. The number of aryl methyl sites for hydroxylation is 1. The number of benzene rings is 1. The first kappa shape index (κ1) is 12.6. The highest BCUT2D eigenvalue weighted by molar-refractivity contribution is 5.38. The molecular weight excluding hydrogens is 208 g/mol. The summed E-state index contributed by atoms with van der Waals surface area (Å²) in [6.07, 6.45) is 5.40. The number of hydrogen-bond acceptors (Lipinski definition) is 1. The van der Waals surface area contributed by atoms with Gasteiger partial charge in [0.05, 0.1) is 6.10 Å². The highest BCUT2D eigenvalue weighted by atomic mass is 16.5. The lowest BCUT2D eigenvalue weighted by Crippen LogP contribution is -2.18. The molecule has 2 rings (SSSR count). The molecule has 1 unspecified atom stereocenters. The van der Waals surface area contributed by atoms with Crippen molar-refractivity contribution in [1.29, 1.82) is 0 Å². The fourth-order valence-electron chi connectivity index (χ4n) is 2.85. The molecule has 0 amide bonds. The summed E-state index contributed by atoms with van der Waals surface area (Å²) in [7, 11) is 1.78. The second-order valence-electron chi connectivity index (χ2n) is 5.89. The van der Waals surface area contributed by atoms with Gasteiger partial charge in [0.15, 0.2) is 0 Å². The van der Waals surface area contributed by atoms with Crippen LogP contribution in [0.1, 0.15) is 62.8 Å². The summed E-state index contributed by atoms with van der Waals surface area (Å²) in [6.45, 7) is 6.86. The zero-order chi connectivity index (χ0) is 12.5. The first-order valence-corrected chi connectivity index (χ1v) is 6.71. The molecule has 0 fully saturated rings. The van der Waals surface area contributed by atoms with Crippen LogP contribution < -0.4 is 0 Å². The van der Waals surface area contributed by atoms with Gasteiger partial charge in [-0.3, -0.25) is 0 Å². The second kappa shape index (κ2) is 4.81. The summed E-state index contributed by atoms with van der Waals surface area (Å²) in [4.78, 5) is 0. The largest absolute Gasteiger partial charge is 0.377 e. The number of ether oxygens (including phenoxy) is 1. The van der Waals surface area contributed by atoms with Crippen LogP contribution >= 0.6 is 0 Å². The summed E-state index contributed by atoms with van der Waals surface area (Å²) in [5.41, 5.74) is 4.70. The molecule has 0 N–H and O–H groups in total. The summed E-state index contributed by atoms with van der Waals surface area (Å²) >= 11 is 0. The SMILES string of the molecule is COC(C)c1ccc2c(c1)C(C)(C)CCCC2. The van der Waals surface area contributed by atoms with E-state index in [1.54, 1.807) is 12.7 Å². The lowest BCUT2D eigenvalue weighted by atomic mass is 9.79. The van der Waals surface area contributed by atoms with E-state index in [2.05, 4.69) is 39.0 Å². The number of fused-ring (bicyclic) bond motifs is 1. The summed E-state index contributed by atoms with van der Waals surface area (Å²) in [6, 6.07) is 6.91. The zero-order valence-electron chi connectivity index (χ0n) is 11.5. The van der Waals surface area contributed by atoms with Gasteiger partial charge in [-0.05, 0) is 48.3 Å². The molecule has 0 saturated heterocycles. The zero-order valence-corrected chi connectivity index (χ0v) is 11.5. The lowest BCUT2D eigenvalue weighted by molar-refractivity contribution is 0.119. The molecule has 0 radical (unpaired) electrons. The van der Waals surface area contributed by atoms with Crippen molar-refractivity contribution < 1.29 is 4.74 Å². The van der Waals surface area contributed by atoms with Crippen LogP contribution in [-0.2, 0) is 16.6 Å². The summed E-state index contributed by atoms with van der Waals surface area (Å²) in [5.74, 6) is 0. The third-order valence-corrected chi connectivity index (χ3v) is 4.18. The maximum absolute atomic E-state index is 5.43. The highest BCUT2D eigenvalue weighted by Gasteiger charge is 2.26. The molecule has 1 aliphatic rings. The van der Waals surface area contributed by atoms with Crippen molar-refractivity contribution in [1.82, 2.24) is 0 Å². The maximum Gasteiger partial charge on any atom is 0.0793 e. The molecule has 17 heavy (non-hydrogen) atoms. The van der Waals surface area contributed by atoms with E-state index >= 15 is 0 Å². The standard InChI is InChI=1S/C16H24O/c1-12(17-4)14-9-8-13-7-5-6-10-16(2,3)15(13)11-14/h8-9,11-12H,5-7,10H2,1-4H3. The Labute approximate surface area is 105 Å². The molecule has 1 aliphatic carbocycles. The number of hydrogen-bond donors (Lipinski definition) is 0. The number of methoxy groups -OCH3 is 1. The summed E-state index contributed by atoms with van der Waals surface area (Å²) < 4.78 is 5.43. The van der Waals surface area contributed by atoms with Crippen LogP contribution in [0.5, 0.6) is 0 Å². The Hall–Kier alpha value is -0.820. The number of rotatable bonds is 2. The minimum Gasteiger partial charge on any atom is -0.377 e. The molecule has 1 nitrogen and oxygen atoms in total. The van der Waals surface area contributed by atoms with E-state index in [0.717, 1.165) is 0 Å². The molecule has 1 heteroatoms. The van der Waals surface area contributed by atoms with Crippen molar-refractivity contribution in [3.8, 4) is 0 Å². The summed E-state index contributed by atoms with van der Waals surface area (Å²) in [5, 5.41) is 0. The minimum atomic E-state index is 0.194. The molecular formula is C16H24O. The Morgan fingerprint density at radius 1 is 1.24 bits per heavy atom. The van der Waals surface area contributed by atoms with E-state index in [1.165, 1.54) is 36.8 Å². The average molecular weight is 232 g/mol. The fraction of sp³-hybridized carbons (Fsp3) is 0.625. The van der Waals surface area contributed by atoms with Crippen LogP contribution in [0, 0.1) is 0 Å². The van der Waals surface area contributed by atoms with Crippen LogP contribution in [0.15, 0.2) is 18.2 Å². The monoisotopic (exact) mass is 232 g/mol. The molecule has 0 bridgehead atoms. The van der Waals surface area contributed by atoms with E-state index in [0.29, 0.717) is 5.41 Å². The van der Waals surface area contributed by atoms with Gasteiger partial charge in [0, 0.05) is 7.11 Å². The second-order valence-corrected chi connectivity index (χ2v) is 5.89. The molecule has 0 aliphatic heterocycles. The van der Waals surface area contributed by atoms with Crippen molar-refractivity contribution >= 4 is 0 Å². The third kappa shape index (κ3) is 2.55. The minimum absolute atomic E-state index is 0.194. The van der Waals surface area contributed by atoms with Crippen LogP contribution in [0.4, 0.5) is 0 Å². The smallest absolute Gasteiger partial charge is 0.0793 e. The first-order chi connectivity index (χ1) is 8.04. The van der Waals surface area contributed by atoms with Gasteiger partial charge in [-0.1, -0.05) is 38.5 Å². The molecule has 0 heterocycles. The van der Waals surface area contributed by atoms with Crippen LogP contribution in [0.25, 0.3) is 0 Å². The van der Waals surface area contributed by atoms with Crippen molar-refractivity contribution in [2.24, 2.45) is 0 Å².